The van der Waals surface area contributed by atoms with Crippen molar-refractivity contribution in [2.24, 2.45) is 0 Å². The van der Waals surface area contributed by atoms with Gasteiger partial charge in [0.1, 0.15) is 5.75 Å². The molecule has 1 fully saturated rings. The summed E-state index contributed by atoms with van der Waals surface area (Å²) in [5.74, 6) is 0.825. The predicted molar refractivity (Wildman–Crippen MR) is 78.7 cm³/mol. The van der Waals surface area contributed by atoms with Crippen LogP contribution >= 0.6 is 22.6 Å². The largest absolute Gasteiger partial charge is 0.484 e. The number of carbonyl (C=O) groups is 1. The molecule has 0 spiro atoms. The Kier molecular flexibility index (Phi) is 4.82. The molecule has 2 rings (SSSR count). The van der Waals surface area contributed by atoms with Gasteiger partial charge in [-0.1, -0.05) is 6.07 Å². The number of likely N-dealkylation sites (N-methyl/N-ethyl adjacent to an activating group) is 1. The van der Waals surface area contributed by atoms with Gasteiger partial charge in [-0.3, -0.25) is 4.79 Å². The van der Waals surface area contributed by atoms with E-state index in [4.69, 9.17) is 4.74 Å². The maximum Gasteiger partial charge on any atom is 0.260 e. The maximum atomic E-state index is 11.9. The minimum atomic E-state index is 0.0713. The van der Waals surface area contributed by atoms with Gasteiger partial charge in [0.05, 0.1) is 0 Å². The molecule has 4 nitrogen and oxygen atoms in total. The van der Waals surface area contributed by atoms with Crippen molar-refractivity contribution in [3.63, 3.8) is 0 Å². The van der Waals surface area contributed by atoms with Gasteiger partial charge in [0, 0.05) is 29.7 Å². The summed E-state index contributed by atoms with van der Waals surface area (Å²) < 4.78 is 6.63. The third kappa shape index (κ3) is 3.84. The van der Waals surface area contributed by atoms with Crippen LogP contribution in [0.1, 0.15) is 0 Å². The highest BCUT2D eigenvalue weighted by molar-refractivity contribution is 14.1. The van der Waals surface area contributed by atoms with E-state index in [1.807, 2.05) is 29.2 Å². The highest BCUT2D eigenvalue weighted by atomic mass is 127. The van der Waals surface area contributed by atoms with E-state index >= 15 is 0 Å². The maximum absolute atomic E-state index is 11.9. The molecule has 1 heterocycles. The third-order valence-corrected chi connectivity index (χ3v) is 3.69. The van der Waals surface area contributed by atoms with Crippen LogP contribution in [0.15, 0.2) is 24.3 Å². The minimum absolute atomic E-state index is 0.0713. The van der Waals surface area contributed by atoms with Crippen molar-refractivity contribution in [2.75, 3.05) is 39.8 Å². The summed E-state index contributed by atoms with van der Waals surface area (Å²) >= 11 is 2.23. The van der Waals surface area contributed by atoms with Gasteiger partial charge in [0.25, 0.3) is 5.91 Å². The molecule has 0 saturated carbocycles. The van der Waals surface area contributed by atoms with Crippen LogP contribution in [0.25, 0.3) is 0 Å². The smallest absolute Gasteiger partial charge is 0.260 e. The summed E-state index contributed by atoms with van der Waals surface area (Å²) in [6.45, 7) is 3.60. The Morgan fingerprint density at radius 2 is 2.06 bits per heavy atom. The van der Waals surface area contributed by atoms with E-state index in [2.05, 4.69) is 34.5 Å². The van der Waals surface area contributed by atoms with Crippen LogP contribution in [-0.4, -0.2) is 55.5 Å². The molecule has 0 aromatic heterocycles. The third-order valence-electron chi connectivity index (χ3n) is 3.01. The van der Waals surface area contributed by atoms with Gasteiger partial charge in [0.2, 0.25) is 0 Å². The highest BCUT2D eigenvalue weighted by Crippen LogP contribution is 2.14. The van der Waals surface area contributed by atoms with Crippen molar-refractivity contribution < 1.29 is 9.53 Å². The SMILES string of the molecule is CN1CCN(C(=O)COc2cccc(I)c2)CC1. The lowest BCUT2D eigenvalue weighted by Gasteiger charge is -2.32. The zero-order valence-corrected chi connectivity index (χ0v) is 12.6. The van der Waals surface area contributed by atoms with Crippen LogP contribution < -0.4 is 4.74 Å². The Balaban J connectivity index is 1.81. The van der Waals surface area contributed by atoms with Gasteiger partial charge in [-0.2, -0.15) is 0 Å². The van der Waals surface area contributed by atoms with E-state index in [-0.39, 0.29) is 12.5 Å². The molecule has 0 unspecified atom stereocenters. The Labute approximate surface area is 121 Å². The average Bonchev–Trinajstić information content (AvgIpc) is 2.37. The molecule has 1 aromatic carbocycles. The van der Waals surface area contributed by atoms with Crippen molar-refractivity contribution in [3.05, 3.63) is 27.8 Å². The minimum Gasteiger partial charge on any atom is -0.484 e. The molecular weight excluding hydrogens is 343 g/mol. The number of ether oxygens (including phenoxy) is 1. The number of benzene rings is 1. The fourth-order valence-corrected chi connectivity index (χ4v) is 2.36. The zero-order chi connectivity index (χ0) is 13.0. The van der Waals surface area contributed by atoms with Gasteiger partial charge in [-0.05, 0) is 47.8 Å². The Bertz CT molecular complexity index is 417. The fraction of sp³-hybridized carbons (Fsp3) is 0.462. The van der Waals surface area contributed by atoms with E-state index in [0.29, 0.717) is 0 Å². The first-order valence-corrected chi connectivity index (χ1v) is 7.08. The van der Waals surface area contributed by atoms with E-state index in [9.17, 15) is 4.79 Å². The van der Waals surface area contributed by atoms with Gasteiger partial charge in [-0.25, -0.2) is 0 Å². The quantitative estimate of drug-likeness (QED) is 0.765. The molecule has 98 valence electrons. The van der Waals surface area contributed by atoms with Crippen molar-refractivity contribution >= 4 is 28.5 Å². The topological polar surface area (TPSA) is 32.8 Å². The lowest BCUT2D eigenvalue weighted by Crippen LogP contribution is -2.48. The Morgan fingerprint density at radius 1 is 1.33 bits per heavy atom. The van der Waals surface area contributed by atoms with Crippen LogP contribution in [0.5, 0.6) is 5.75 Å². The number of amides is 1. The molecule has 0 N–H and O–H groups in total. The average molecular weight is 360 g/mol. The van der Waals surface area contributed by atoms with Crippen molar-refractivity contribution in [3.8, 4) is 5.75 Å². The molecule has 1 aliphatic rings. The number of nitrogens with zero attached hydrogens (tertiary/aromatic N) is 2. The summed E-state index contributed by atoms with van der Waals surface area (Å²) in [4.78, 5) is 16.0. The van der Waals surface area contributed by atoms with E-state index in [0.717, 1.165) is 35.5 Å². The number of piperazine rings is 1. The molecule has 1 aromatic rings. The van der Waals surface area contributed by atoms with Crippen molar-refractivity contribution in [2.45, 2.75) is 0 Å². The fourth-order valence-electron chi connectivity index (χ4n) is 1.85. The summed E-state index contributed by atoms with van der Waals surface area (Å²) in [6.07, 6.45) is 0. The van der Waals surface area contributed by atoms with Gasteiger partial charge in [-0.15, -0.1) is 0 Å². The summed E-state index contributed by atoms with van der Waals surface area (Å²) in [7, 11) is 2.07. The van der Waals surface area contributed by atoms with Crippen LogP contribution in [-0.2, 0) is 4.79 Å². The molecule has 0 radical (unpaired) electrons. The van der Waals surface area contributed by atoms with Gasteiger partial charge >= 0.3 is 0 Å². The number of carbonyl (C=O) groups excluding carboxylic acids is 1. The normalized spacial score (nSPS) is 16.7. The highest BCUT2D eigenvalue weighted by Gasteiger charge is 2.19. The molecule has 1 aliphatic heterocycles. The van der Waals surface area contributed by atoms with Crippen LogP contribution in [0.4, 0.5) is 0 Å². The second kappa shape index (κ2) is 6.38. The van der Waals surface area contributed by atoms with Crippen LogP contribution in [0.2, 0.25) is 0 Å². The van der Waals surface area contributed by atoms with Crippen molar-refractivity contribution in [1.29, 1.82) is 0 Å². The lowest BCUT2D eigenvalue weighted by molar-refractivity contribution is -0.134. The molecule has 1 amide bonds. The lowest BCUT2D eigenvalue weighted by atomic mass is 10.3. The van der Waals surface area contributed by atoms with E-state index < -0.39 is 0 Å². The Morgan fingerprint density at radius 3 is 2.72 bits per heavy atom. The van der Waals surface area contributed by atoms with Gasteiger partial charge < -0.3 is 14.5 Å². The van der Waals surface area contributed by atoms with E-state index in [1.54, 1.807) is 0 Å². The second-order valence-electron chi connectivity index (χ2n) is 4.43. The first-order valence-electron chi connectivity index (χ1n) is 6.00. The number of rotatable bonds is 3. The van der Waals surface area contributed by atoms with Crippen LogP contribution in [0, 0.1) is 3.57 Å². The molecular formula is C13H17IN2O2. The standard InChI is InChI=1S/C13H17IN2O2/c1-15-5-7-16(8-6-15)13(17)10-18-12-4-2-3-11(14)9-12/h2-4,9H,5-8,10H2,1H3. The van der Waals surface area contributed by atoms with E-state index in [1.165, 1.54) is 0 Å². The molecule has 1 saturated heterocycles. The summed E-state index contributed by atoms with van der Waals surface area (Å²) in [6, 6.07) is 7.73. The second-order valence-corrected chi connectivity index (χ2v) is 5.68. The molecule has 5 heteroatoms. The monoisotopic (exact) mass is 360 g/mol. The molecule has 0 atom stereocenters. The van der Waals surface area contributed by atoms with Gasteiger partial charge in [0.15, 0.2) is 6.61 Å². The summed E-state index contributed by atoms with van der Waals surface area (Å²) in [5.41, 5.74) is 0. The number of hydrogen-bond acceptors (Lipinski definition) is 3. The first-order chi connectivity index (χ1) is 8.65. The molecule has 18 heavy (non-hydrogen) atoms. The molecule has 0 aliphatic carbocycles. The zero-order valence-electron chi connectivity index (χ0n) is 10.4. The summed E-state index contributed by atoms with van der Waals surface area (Å²) in [5, 5.41) is 0. The Hall–Kier alpha value is -0.820. The van der Waals surface area contributed by atoms with Crippen LogP contribution in [0.3, 0.4) is 0 Å². The number of halogens is 1. The molecule has 0 bridgehead atoms. The predicted octanol–water partition coefficient (Wildman–Crippen LogP) is 1.44. The van der Waals surface area contributed by atoms with Crippen molar-refractivity contribution in [1.82, 2.24) is 9.80 Å². The first kappa shape index (κ1) is 13.6. The number of hydrogen-bond donors (Lipinski definition) is 0.